The molecule has 1 aliphatic rings. The summed E-state index contributed by atoms with van der Waals surface area (Å²) >= 11 is 3.26. The number of amides is 3. The smallest absolute Gasteiger partial charge is 0.257 e. The third-order valence-electron chi connectivity index (χ3n) is 3.41. The zero-order valence-electron chi connectivity index (χ0n) is 12.0. The van der Waals surface area contributed by atoms with Gasteiger partial charge in [-0.2, -0.15) is 0 Å². The van der Waals surface area contributed by atoms with Gasteiger partial charge in [-0.1, -0.05) is 12.1 Å². The van der Waals surface area contributed by atoms with Crippen LogP contribution in [0.4, 0.5) is 11.4 Å². The maximum atomic E-state index is 12.3. The van der Waals surface area contributed by atoms with Gasteiger partial charge in [0.25, 0.3) is 5.91 Å². The van der Waals surface area contributed by atoms with Gasteiger partial charge in [-0.3, -0.25) is 19.4 Å². The fourth-order valence-corrected chi connectivity index (χ4v) is 2.71. The van der Waals surface area contributed by atoms with Crippen LogP contribution in [-0.2, 0) is 9.59 Å². The summed E-state index contributed by atoms with van der Waals surface area (Å²) in [6.45, 7) is 0. The minimum absolute atomic E-state index is 0.191. The van der Waals surface area contributed by atoms with Crippen LogP contribution >= 0.6 is 15.9 Å². The van der Waals surface area contributed by atoms with Crippen LogP contribution in [0.2, 0.25) is 0 Å². The molecule has 0 unspecified atom stereocenters. The van der Waals surface area contributed by atoms with Gasteiger partial charge in [0, 0.05) is 29.7 Å². The zero-order valence-corrected chi connectivity index (χ0v) is 13.5. The lowest BCUT2D eigenvalue weighted by Gasteiger charge is -2.18. The number of carbonyl (C=O) groups excluding carboxylic acids is 3. The molecule has 0 radical (unpaired) electrons. The van der Waals surface area contributed by atoms with Crippen molar-refractivity contribution >= 4 is 45.0 Å². The molecule has 0 bridgehead atoms. The molecule has 1 aliphatic heterocycles. The molecule has 2 heterocycles. The van der Waals surface area contributed by atoms with Gasteiger partial charge < -0.3 is 5.32 Å². The van der Waals surface area contributed by atoms with E-state index in [1.165, 1.54) is 6.20 Å². The van der Waals surface area contributed by atoms with Crippen molar-refractivity contribution in [2.24, 2.45) is 0 Å². The molecular weight excluding hydrogens is 362 g/mol. The number of rotatable bonds is 3. The molecule has 3 rings (SSSR count). The van der Waals surface area contributed by atoms with Crippen LogP contribution in [0.15, 0.2) is 47.2 Å². The van der Waals surface area contributed by atoms with Crippen molar-refractivity contribution in [3.8, 4) is 0 Å². The number of nitrogens with one attached hydrogen (secondary N) is 1. The SMILES string of the molecule is O=C(Nc1ccccc1N1C(=O)CCC1=O)c1cncc(Br)c1. The molecule has 23 heavy (non-hydrogen) atoms. The number of halogens is 1. The topological polar surface area (TPSA) is 79.4 Å². The Labute approximate surface area is 140 Å². The lowest BCUT2D eigenvalue weighted by Crippen LogP contribution is -2.29. The van der Waals surface area contributed by atoms with Crippen LogP contribution in [0.5, 0.6) is 0 Å². The average Bonchev–Trinajstić information content (AvgIpc) is 2.87. The molecule has 0 atom stereocenters. The van der Waals surface area contributed by atoms with Crippen molar-refractivity contribution in [1.82, 2.24) is 4.98 Å². The second-order valence-electron chi connectivity index (χ2n) is 4.99. The maximum absolute atomic E-state index is 12.3. The standard InChI is InChI=1S/C16H12BrN3O3/c17-11-7-10(8-18-9-11)16(23)19-12-3-1-2-4-13(12)20-14(21)5-6-15(20)22/h1-4,7-9H,5-6H2,(H,19,23). The molecule has 3 amide bonds. The van der Waals surface area contributed by atoms with E-state index in [1.54, 1.807) is 36.5 Å². The lowest BCUT2D eigenvalue weighted by atomic mass is 10.2. The van der Waals surface area contributed by atoms with E-state index in [4.69, 9.17) is 0 Å². The van der Waals surface area contributed by atoms with Gasteiger partial charge in [0.2, 0.25) is 11.8 Å². The van der Waals surface area contributed by atoms with Gasteiger partial charge in [0.1, 0.15) is 0 Å². The number of anilines is 2. The maximum Gasteiger partial charge on any atom is 0.257 e. The van der Waals surface area contributed by atoms with Crippen LogP contribution in [0.1, 0.15) is 23.2 Å². The number of benzene rings is 1. The largest absolute Gasteiger partial charge is 0.320 e. The first-order chi connectivity index (χ1) is 11.1. The number of nitrogens with zero attached hydrogens (tertiary/aromatic N) is 2. The van der Waals surface area contributed by atoms with Crippen LogP contribution in [0.25, 0.3) is 0 Å². The Hall–Kier alpha value is -2.54. The Morgan fingerprint density at radius 1 is 1.13 bits per heavy atom. The van der Waals surface area contributed by atoms with Crippen molar-refractivity contribution < 1.29 is 14.4 Å². The number of carbonyl (C=O) groups is 3. The monoisotopic (exact) mass is 373 g/mol. The third-order valence-corrected chi connectivity index (χ3v) is 3.85. The number of para-hydroxylation sites is 2. The van der Waals surface area contributed by atoms with Crippen LogP contribution in [0, 0.1) is 0 Å². The number of pyridine rings is 1. The molecule has 1 aromatic carbocycles. The van der Waals surface area contributed by atoms with E-state index < -0.39 is 0 Å². The third kappa shape index (κ3) is 3.14. The van der Waals surface area contributed by atoms with E-state index in [2.05, 4.69) is 26.2 Å². The van der Waals surface area contributed by atoms with Crippen LogP contribution in [0.3, 0.4) is 0 Å². The quantitative estimate of drug-likeness (QED) is 0.838. The van der Waals surface area contributed by atoms with E-state index in [-0.39, 0.29) is 30.6 Å². The molecule has 1 N–H and O–H groups in total. The molecule has 0 spiro atoms. The van der Waals surface area contributed by atoms with Crippen molar-refractivity contribution in [2.45, 2.75) is 12.8 Å². The number of aromatic nitrogens is 1. The summed E-state index contributed by atoms with van der Waals surface area (Å²) in [4.78, 5) is 41.2. The van der Waals surface area contributed by atoms with E-state index in [1.807, 2.05) is 0 Å². The Balaban J connectivity index is 1.91. The summed E-state index contributed by atoms with van der Waals surface area (Å²) in [7, 11) is 0. The Kier molecular flexibility index (Phi) is 4.20. The fourth-order valence-electron chi connectivity index (χ4n) is 2.35. The highest BCUT2D eigenvalue weighted by atomic mass is 79.9. The average molecular weight is 374 g/mol. The van der Waals surface area contributed by atoms with Crippen LogP contribution < -0.4 is 10.2 Å². The lowest BCUT2D eigenvalue weighted by molar-refractivity contribution is -0.121. The van der Waals surface area contributed by atoms with E-state index in [9.17, 15) is 14.4 Å². The van der Waals surface area contributed by atoms with Gasteiger partial charge in [0.05, 0.1) is 16.9 Å². The minimum Gasteiger partial charge on any atom is -0.320 e. The van der Waals surface area contributed by atoms with Gasteiger partial charge in [-0.15, -0.1) is 0 Å². The molecule has 6 nitrogen and oxygen atoms in total. The number of hydrogen-bond donors (Lipinski definition) is 1. The number of imide groups is 1. The fraction of sp³-hybridized carbons (Fsp3) is 0.125. The first kappa shape index (κ1) is 15.4. The van der Waals surface area contributed by atoms with Gasteiger partial charge >= 0.3 is 0 Å². The first-order valence-electron chi connectivity index (χ1n) is 6.93. The molecule has 0 aliphatic carbocycles. The van der Waals surface area contributed by atoms with E-state index >= 15 is 0 Å². The highest BCUT2D eigenvalue weighted by Gasteiger charge is 2.31. The van der Waals surface area contributed by atoms with E-state index in [0.717, 1.165) is 4.90 Å². The highest BCUT2D eigenvalue weighted by Crippen LogP contribution is 2.30. The first-order valence-corrected chi connectivity index (χ1v) is 7.72. The Morgan fingerprint density at radius 3 is 2.52 bits per heavy atom. The molecule has 7 heteroatoms. The second-order valence-corrected chi connectivity index (χ2v) is 5.90. The van der Waals surface area contributed by atoms with Crippen LogP contribution in [-0.4, -0.2) is 22.7 Å². The van der Waals surface area contributed by atoms with E-state index in [0.29, 0.717) is 21.4 Å². The summed E-state index contributed by atoms with van der Waals surface area (Å²) in [6.07, 6.45) is 3.40. The highest BCUT2D eigenvalue weighted by molar-refractivity contribution is 9.10. The second kappa shape index (κ2) is 6.29. The van der Waals surface area contributed by atoms with Crippen molar-refractivity contribution in [2.75, 3.05) is 10.2 Å². The molecule has 1 fully saturated rings. The molecule has 116 valence electrons. The Morgan fingerprint density at radius 2 is 1.83 bits per heavy atom. The van der Waals surface area contributed by atoms with Gasteiger partial charge in [-0.25, -0.2) is 4.90 Å². The summed E-state index contributed by atoms with van der Waals surface area (Å²) < 4.78 is 0.684. The summed E-state index contributed by atoms with van der Waals surface area (Å²) in [5.41, 5.74) is 1.16. The predicted molar refractivity (Wildman–Crippen MR) is 88.1 cm³/mol. The molecule has 1 saturated heterocycles. The Bertz CT molecular complexity index is 791. The summed E-state index contributed by atoms with van der Waals surface area (Å²) in [6, 6.07) is 8.36. The zero-order chi connectivity index (χ0) is 16.4. The van der Waals surface area contributed by atoms with Crippen molar-refractivity contribution in [3.63, 3.8) is 0 Å². The van der Waals surface area contributed by atoms with Gasteiger partial charge in [0.15, 0.2) is 0 Å². The molecule has 1 aromatic heterocycles. The summed E-state index contributed by atoms with van der Waals surface area (Å²) in [5.74, 6) is -0.896. The van der Waals surface area contributed by atoms with Crippen molar-refractivity contribution in [1.29, 1.82) is 0 Å². The normalized spacial score (nSPS) is 14.2. The molecule has 0 saturated carbocycles. The number of hydrogen-bond acceptors (Lipinski definition) is 4. The predicted octanol–water partition coefficient (Wildman–Crippen LogP) is 2.75. The van der Waals surface area contributed by atoms with Gasteiger partial charge in [-0.05, 0) is 34.1 Å². The summed E-state index contributed by atoms with van der Waals surface area (Å²) in [5, 5.41) is 2.73. The molecule has 2 aromatic rings. The van der Waals surface area contributed by atoms with Crippen molar-refractivity contribution in [3.05, 3.63) is 52.8 Å². The molecular formula is C16H12BrN3O3. The minimum atomic E-state index is -0.370.